The first-order valence-corrected chi connectivity index (χ1v) is 10.7. The maximum Gasteiger partial charge on any atom is 0.343 e. The number of hydrogen-bond acceptors (Lipinski definition) is 5. The molecule has 1 aromatic heterocycles. The largest absolute Gasteiger partial charge is 0.390 e. The summed E-state index contributed by atoms with van der Waals surface area (Å²) in [7, 11) is 0. The molecule has 8 heteroatoms. The summed E-state index contributed by atoms with van der Waals surface area (Å²) < 4.78 is 5.56. The molecule has 1 saturated heterocycles. The molecule has 2 heterocycles. The fourth-order valence-corrected chi connectivity index (χ4v) is 3.90. The fourth-order valence-electron chi connectivity index (χ4n) is 3.90. The van der Waals surface area contributed by atoms with Gasteiger partial charge in [-0.1, -0.05) is 30.3 Å². The Balaban J connectivity index is 1.27. The lowest BCUT2D eigenvalue weighted by Gasteiger charge is -2.30. The number of fused-ring (bicyclic) bond motifs is 1. The van der Waals surface area contributed by atoms with Crippen molar-refractivity contribution in [2.24, 2.45) is 5.92 Å². The predicted molar refractivity (Wildman–Crippen MR) is 121 cm³/mol. The van der Waals surface area contributed by atoms with E-state index in [9.17, 15) is 9.59 Å². The second kappa shape index (κ2) is 9.55. The van der Waals surface area contributed by atoms with Crippen LogP contribution in [0.4, 0.5) is 0 Å². The summed E-state index contributed by atoms with van der Waals surface area (Å²) in [6.07, 6.45) is 2.03. The number of carbonyl (C=O) groups is 1. The zero-order chi connectivity index (χ0) is 22.5. The Morgan fingerprint density at radius 3 is 2.56 bits per heavy atom. The number of likely N-dealkylation sites (tertiary alicyclic amines) is 1. The van der Waals surface area contributed by atoms with Gasteiger partial charge in [0, 0.05) is 31.5 Å². The van der Waals surface area contributed by atoms with E-state index in [2.05, 4.69) is 9.97 Å². The normalized spacial score (nSPS) is 14.3. The Bertz CT molecular complexity index is 1200. The molecule has 0 spiro atoms. The van der Waals surface area contributed by atoms with Crippen molar-refractivity contribution in [1.82, 2.24) is 14.9 Å². The highest BCUT2D eigenvalue weighted by atomic mass is 16.5. The number of aromatic amines is 1. The Kier molecular flexibility index (Phi) is 6.39. The van der Waals surface area contributed by atoms with E-state index in [0.717, 1.165) is 0 Å². The number of hydrogen-bond donors (Lipinski definition) is 3. The molecule has 1 aliphatic rings. The van der Waals surface area contributed by atoms with Gasteiger partial charge < -0.3 is 14.6 Å². The number of rotatable bonds is 5. The highest BCUT2D eigenvalue weighted by Gasteiger charge is 2.30. The van der Waals surface area contributed by atoms with Gasteiger partial charge >= 0.3 is 5.90 Å². The molecule has 0 aliphatic carbocycles. The van der Waals surface area contributed by atoms with E-state index in [-0.39, 0.29) is 29.7 Å². The zero-order valence-corrected chi connectivity index (χ0v) is 17.7. The third-order valence-corrected chi connectivity index (χ3v) is 5.74. The molecule has 0 bridgehead atoms. The smallest absolute Gasteiger partial charge is 0.343 e. The summed E-state index contributed by atoms with van der Waals surface area (Å²) in [6, 6.07) is 16.3. The van der Waals surface area contributed by atoms with E-state index in [1.165, 1.54) is 0 Å². The number of amides is 1. The van der Waals surface area contributed by atoms with Crippen molar-refractivity contribution in [3.8, 4) is 0 Å². The first kappa shape index (κ1) is 21.4. The van der Waals surface area contributed by atoms with Crippen LogP contribution in [-0.4, -0.2) is 45.7 Å². The van der Waals surface area contributed by atoms with Crippen LogP contribution >= 0.6 is 0 Å². The molecule has 4 N–H and O–H groups in total. The van der Waals surface area contributed by atoms with Crippen LogP contribution in [0.2, 0.25) is 0 Å². The van der Waals surface area contributed by atoms with Crippen molar-refractivity contribution in [2.75, 3.05) is 13.1 Å². The molecule has 3 aromatic rings. The van der Waals surface area contributed by atoms with Crippen LogP contribution in [0.1, 0.15) is 30.7 Å². The van der Waals surface area contributed by atoms with Crippen LogP contribution in [-0.2, 0) is 16.0 Å². The Morgan fingerprint density at radius 2 is 1.81 bits per heavy atom. The number of piperidine rings is 1. The first-order chi connectivity index (χ1) is 15.5. The minimum atomic E-state index is -0.189. The van der Waals surface area contributed by atoms with Gasteiger partial charge in [0.15, 0.2) is 0 Å². The molecule has 4 rings (SSSR count). The van der Waals surface area contributed by atoms with Gasteiger partial charge in [-0.05, 0) is 37.1 Å². The van der Waals surface area contributed by atoms with Crippen LogP contribution in [0.25, 0.3) is 10.9 Å². The predicted octanol–water partition coefficient (Wildman–Crippen LogP) is 1.29. The van der Waals surface area contributed by atoms with Gasteiger partial charge in [0.05, 0.1) is 16.8 Å². The average molecular weight is 433 g/mol. The number of carbonyl (C=O) groups excluding carboxylic acids is 1. The van der Waals surface area contributed by atoms with Crippen molar-refractivity contribution >= 4 is 28.6 Å². The minimum absolute atomic E-state index is 0.00150. The van der Waals surface area contributed by atoms with Gasteiger partial charge in [-0.2, -0.15) is 0 Å². The summed E-state index contributed by atoms with van der Waals surface area (Å²) in [5, 5.41) is 14.7. The highest BCUT2D eigenvalue weighted by Crippen LogP contribution is 2.19. The second-order valence-electron chi connectivity index (χ2n) is 7.88. The number of nitrogens with two attached hydrogens (primary N) is 1. The standard InChI is InChI=1S/C24H25N5O3/c25-22(16-6-2-1-3-7-16)32-23(26)17-12-14-29(15-13-17)21(30)11-10-20-27-19-9-5-4-8-18(19)24(31)28-20/h1-9,17,25-26H,10-15H2,(H,27,28,31)/p+1. The van der Waals surface area contributed by atoms with Crippen molar-refractivity contribution in [2.45, 2.75) is 25.7 Å². The Labute approximate surface area is 185 Å². The summed E-state index contributed by atoms with van der Waals surface area (Å²) in [5.74, 6) is 0.891. The van der Waals surface area contributed by atoms with Crippen molar-refractivity contribution in [1.29, 1.82) is 5.41 Å². The molecular formula is C24H26N5O3+. The van der Waals surface area contributed by atoms with E-state index >= 15 is 0 Å². The number of benzene rings is 2. The van der Waals surface area contributed by atoms with Gasteiger partial charge in [0.2, 0.25) is 11.8 Å². The van der Waals surface area contributed by atoms with E-state index < -0.39 is 0 Å². The Hall–Kier alpha value is -3.81. The lowest BCUT2D eigenvalue weighted by Crippen LogP contribution is -2.50. The molecule has 1 aliphatic heterocycles. The van der Waals surface area contributed by atoms with Crippen LogP contribution in [0.3, 0.4) is 0 Å². The van der Waals surface area contributed by atoms with Crippen LogP contribution in [0.5, 0.6) is 0 Å². The number of nitrogens with zero attached hydrogens (tertiary/aromatic N) is 2. The molecule has 0 radical (unpaired) electrons. The molecule has 2 aromatic carbocycles. The summed E-state index contributed by atoms with van der Waals surface area (Å²) in [6.45, 7) is 1.15. The van der Waals surface area contributed by atoms with E-state index in [0.29, 0.717) is 60.5 Å². The van der Waals surface area contributed by atoms with Crippen molar-refractivity contribution in [3.05, 3.63) is 76.3 Å². The third-order valence-electron chi connectivity index (χ3n) is 5.74. The molecule has 32 heavy (non-hydrogen) atoms. The first-order valence-electron chi connectivity index (χ1n) is 10.7. The second-order valence-corrected chi connectivity index (χ2v) is 7.88. The van der Waals surface area contributed by atoms with E-state index in [4.69, 9.17) is 15.6 Å². The lowest BCUT2D eigenvalue weighted by molar-refractivity contribution is -0.144. The molecule has 8 nitrogen and oxygen atoms in total. The molecule has 0 atom stereocenters. The molecule has 1 amide bonds. The minimum Gasteiger partial charge on any atom is -0.390 e. The molecular weight excluding hydrogens is 406 g/mol. The van der Waals surface area contributed by atoms with Gasteiger partial charge in [-0.15, -0.1) is 0 Å². The zero-order valence-electron chi connectivity index (χ0n) is 17.7. The Morgan fingerprint density at radius 1 is 1.12 bits per heavy atom. The summed E-state index contributed by atoms with van der Waals surface area (Å²) in [5.41, 5.74) is 1.11. The van der Waals surface area contributed by atoms with Crippen LogP contribution in [0.15, 0.2) is 59.4 Å². The van der Waals surface area contributed by atoms with Gasteiger partial charge in [0.25, 0.3) is 5.56 Å². The number of ether oxygens (including phenoxy) is 1. The van der Waals surface area contributed by atoms with Gasteiger partial charge in [-0.25, -0.2) is 10.4 Å². The number of nitrogens with one attached hydrogen (secondary N) is 2. The molecule has 164 valence electrons. The van der Waals surface area contributed by atoms with Gasteiger partial charge in [-0.3, -0.25) is 15.0 Å². The SMILES string of the molecule is N=C(OC(=[NH2+])C1CCN(C(=O)CCc2nc3ccccc3c(=O)[nH]2)CC1)c1ccccc1. The maximum atomic E-state index is 12.7. The van der Waals surface area contributed by atoms with Gasteiger partial charge in [0.1, 0.15) is 5.82 Å². The monoisotopic (exact) mass is 432 g/mol. The summed E-state index contributed by atoms with van der Waals surface area (Å²) in [4.78, 5) is 33.9. The number of H-pyrrole nitrogens is 1. The van der Waals surface area contributed by atoms with Crippen molar-refractivity contribution in [3.63, 3.8) is 0 Å². The molecule has 0 saturated carbocycles. The molecule has 1 fully saturated rings. The van der Waals surface area contributed by atoms with Crippen LogP contribution < -0.4 is 11.0 Å². The van der Waals surface area contributed by atoms with E-state index in [1.54, 1.807) is 30.3 Å². The number of aryl methyl sites for hydroxylation is 1. The highest BCUT2D eigenvalue weighted by molar-refractivity contribution is 5.99. The lowest BCUT2D eigenvalue weighted by atomic mass is 9.96. The maximum absolute atomic E-state index is 12.7. The fraction of sp³-hybridized carbons (Fsp3) is 0.292. The number of aromatic nitrogens is 2. The quantitative estimate of drug-likeness (QED) is 0.415. The summed E-state index contributed by atoms with van der Waals surface area (Å²) >= 11 is 0. The van der Waals surface area contributed by atoms with Crippen molar-refractivity contribution < 1.29 is 14.9 Å². The van der Waals surface area contributed by atoms with Crippen LogP contribution in [0, 0.1) is 11.3 Å². The molecule has 0 unspecified atom stereocenters. The topological polar surface area (TPSA) is 125 Å². The third kappa shape index (κ3) is 4.91. The average Bonchev–Trinajstić information content (AvgIpc) is 2.83. The number of para-hydroxylation sites is 1. The van der Waals surface area contributed by atoms with E-state index in [1.807, 2.05) is 29.2 Å².